The molecule has 44 heavy (non-hydrogen) atoms. The van der Waals surface area contributed by atoms with E-state index in [4.69, 9.17) is 9.47 Å². The second-order valence-electron chi connectivity index (χ2n) is 13.1. The molecule has 2 nitrogen and oxygen atoms in total. The highest BCUT2D eigenvalue weighted by molar-refractivity contribution is 7.17. The van der Waals surface area contributed by atoms with Gasteiger partial charge in [0.1, 0.15) is 11.2 Å². The molecule has 0 atom stereocenters. The normalized spacial score (nSPS) is 12.6. The fourth-order valence-electron chi connectivity index (χ4n) is 6.96. The van der Waals surface area contributed by atoms with E-state index in [0.717, 1.165) is 64.9 Å². The molecule has 5 rings (SSSR count). The molecule has 0 spiro atoms. The SMILES string of the molecule is COC(C#Cc1c2cc3ccccc3cc2c(C#CC(OC)(C(C)C)C(C)C)c2cc3sc(F)cc3cc12)(C(C)C)C(C)C. The van der Waals surface area contributed by atoms with Gasteiger partial charge in [0, 0.05) is 35.4 Å². The predicted octanol–water partition coefficient (Wildman–Crippen LogP) is 10.6. The Morgan fingerprint density at radius 3 is 1.36 bits per heavy atom. The average molecular weight is 607 g/mol. The minimum atomic E-state index is -0.626. The largest absolute Gasteiger partial charge is 0.365 e. The van der Waals surface area contributed by atoms with Crippen LogP contribution in [0.2, 0.25) is 0 Å². The summed E-state index contributed by atoms with van der Waals surface area (Å²) in [5.74, 6) is 15.2. The van der Waals surface area contributed by atoms with Gasteiger partial charge in [0.2, 0.25) is 0 Å². The maximum atomic E-state index is 14.6. The number of rotatable bonds is 6. The molecule has 4 aromatic carbocycles. The number of fused-ring (bicyclic) bond motifs is 4. The maximum absolute atomic E-state index is 14.6. The van der Waals surface area contributed by atoms with E-state index in [-0.39, 0.29) is 28.8 Å². The van der Waals surface area contributed by atoms with Crippen LogP contribution in [0.1, 0.15) is 66.5 Å². The van der Waals surface area contributed by atoms with Gasteiger partial charge >= 0.3 is 0 Å². The molecule has 1 aromatic heterocycles. The molecule has 228 valence electrons. The number of methoxy groups -OCH3 is 2. The fraction of sp³-hybridized carbons (Fsp3) is 0.400. The topological polar surface area (TPSA) is 18.5 Å². The van der Waals surface area contributed by atoms with Crippen LogP contribution in [0.3, 0.4) is 0 Å². The Hall–Kier alpha value is -3.41. The number of hydrogen-bond donors (Lipinski definition) is 0. The molecular weight excluding hydrogens is 564 g/mol. The van der Waals surface area contributed by atoms with Crippen molar-refractivity contribution in [1.29, 1.82) is 0 Å². The molecule has 0 radical (unpaired) electrons. The molecule has 0 fully saturated rings. The molecule has 5 aromatic rings. The summed E-state index contributed by atoms with van der Waals surface area (Å²) in [5.41, 5.74) is 0.572. The zero-order valence-electron chi connectivity index (χ0n) is 27.6. The zero-order valence-corrected chi connectivity index (χ0v) is 28.4. The lowest BCUT2D eigenvalue weighted by Gasteiger charge is -2.35. The van der Waals surface area contributed by atoms with Crippen molar-refractivity contribution in [3.8, 4) is 23.7 Å². The molecule has 0 N–H and O–H groups in total. The number of benzene rings is 4. The summed E-state index contributed by atoms with van der Waals surface area (Å²) in [4.78, 5) is 0. The minimum absolute atomic E-state index is 0.176. The highest BCUT2D eigenvalue weighted by Crippen LogP contribution is 2.40. The van der Waals surface area contributed by atoms with E-state index in [0.29, 0.717) is 0 Å². The Labute approximate surface area is 265 Å². The van der Waals surface area contributed by atoms with Crippen LogP contribution in [0.5, 0.6) is 0 Å². The summed E-state index contributed by atoms with van der Waals surface area (Å²) >= 11 is 1.16. The fourth-order valence-corrected chi connectivity index (χ4v) is 7.77. The van der Waals surface area contributed by atoms with Gasteiger partial charge in [0.15, 0.2) is 5.13 Å². The van der Waals surface area contributed by atoms with Gasteiger partial charge in [0.05, 0.1) is 0 Å². The molecule has 4 heteroatoms. The second-order valence-corrected chi connectivity index (χ2v) is 14.1. The minimum Gasteiger partial charge on any atom is -0.365 e. The summed E-state index contributed by atoms with van der Waals surface area (Å²) in [6.07, 6.45) is 0. The lowest BCUT2D eigenvalue weighted by Crippen LogP contribution is -2.41. The van der Waals surface area contributed by atoms with Crippen molar-refractivity contribution >= 4 is 53.7 Å². The quantitative estimate of drug-likeness (QED) is 0.141. The van der Waals surface area contributed by atoms with E-state index in [9.17, 15) is 4.39 Å². The highest BCUT2D eigenvalue weighted by atomic mass is 32.1. The van der Waals surface area contributed by atoms with E-state index >= 15 is 0 Å². The van der Waals surface area contributed by atoms with Crippen molar-refractivity contribution in [3.05, 3.63) is 70.9 Å². The first-order valence-electron chi connectivity index (χ1n) is 15.6. The Kier molecular flexibility index (Phi) is 8.85. The summed E-state index contributed by atoms with van der Waals surface area (Å²) in [6, 6.07) is 18.6. The summed E-state index contributed by atoms with van der Waals surface area (Å²) in [7, 11) is 3.50. The van der Waals surface area contributed by atoms with Gasteiger partial charge in [-0.3, -0.25) is 0 Å². The first kappa shape index (κ1) is 32.0. The molecule has 0 bridgehead atoms. The number of halogens is 1. The van der Waals surface area contributed by atoms with Gasteiger partial charge in [-0.2, -0.15) is 4.39 Å². The number of hydrogen-bond acceptors (Lipinski definition) is 3. The third-order valence-electron chi connectivity index (χ3n) is 9.46. The first-order chi connectivity index (χ1) is 20.9. The Balaban J connectivity index is 2.01. The molecule has 0 saturated heterocycles. The predicted molar refractivity (Wildman–Crippen MR) is 187 cm³/mol. The molecule has 0 aliphatic rings. The van der Waals surface area contributed by atoms with Crippen LogP contribution < -0.4 is 0 Å². The van der Waals surface area contributed by atoms with E-state index in [2.05, 4.69) is 128 Å². The van der Waals surface area contributed by atoms with E-state index < -0.39 is 11.2 Å². The van der Waals surface area contributed by atoms with Crippen LogP contribution in [-0.4, -0.2) is 25.4 Å². The van der Waals surface area contributed by atoms with Crippen LogP contribution in [0.25, 0.3) is 42.4 Å². The van der Waals surface area contributed by atoms with E-state index in [1.54, 1.807) is 20.3 Å². The van der Waals surface area contributed by atoms with E-state index in [1.807, 2.05) is 0 Å². The molecule has 0 saturated carbocycles. The van der Waals surface area contributed by atoms with Gasteiger partial charge in [-0.05, 0) is 86.3 Å². The molecule has 0 aliphatic carbocycles. The maximum Gasteiger partial charge on any atom is 0.177 e. The zero-order chi connectivity index (χ0) is 32.0. The van der Waals surface area contributed by atoms with Crippen LogP contribution in [-0.2, 0) is 9.47 Å². The summed E-state index contributed by atoms with van der Waals surface area (Å²) < 4.78 is 27.8. The van der Waals surface area contributed by atoms with Crippen LogP contribution >= 0.6 is 11.3 Å². The molecular formula is C40H43FO2S. The van der Waals surface area contributed by atoms with Gasteiger partial charge in [-0.1, -0.05) is 103 Å². The number of ether oxygens (including phenoxy) is 2. The highest BCUT2D eigenvalue weighted by Gasteiger charge is 2.36. The van der Waals surface area contributed by atoms with Gasteiger partial charge in [-0.15, -0.1) is 11.3 Å². The van der Waals surface area contributed by atoms with Gasteiger partial charge < -0.3 is 9.47 Å². The third kappa shape index (κ3) is 5.28. The molecule has 1 heterocycles. The Morgan fingerprint density at radius 2 is 0.977 bits per heavy atom. The van der Waals surface area contributed by atoms with Crippen molar-refractivity contribution in [2.24, 2.45) is 23.7 Å². The molecule has 0 amide bonds. The third-order valence-corrected chi connectivity index (χ3v) is 10.3. The molecule has 0 aliphatic heterocycles. The lowest BCUT2D eigenvalue weighted by molar-refractivity contribution is -0.0338. The number of thiophene rings is 1. The Morgan fingerprint density at radius 1 is 0.591 bits per heavy atom. The smallest absolute Gasteiger partial charge is 0.177 e. The first-order valence-corrected chi connectivity index (χ1v) is 16.4. The van der Waals surface area contributed by atoms with Crippen molar-refractivity contribution in [2.75, 3.05) is 14.2 Å². The monoisotopic (exact) mass is 606 g/mol. The lowest BCUT2D eigenvalue weighted by atomic mass is 9.79. The second kappa shape index (κ2) is 12.2. The van der Waals surface area contributed by atoms with E-state index in [1.165, 1.54) is 0 Å². The summed E-state index contributed by atoms with van der Waals surface area (Å²) in [6.45, 7) is 17.3. The van der Waals surface area contributed by atoms with Crippen molar-refractivity contribution in [2.45, 2.75) is 66.6 Å². The van der Waals surface area contributed by atoms with Crippen molar-refractivity contribution in [1.82, 2.24) is 0 Å². The standard InChI is InChI=1S/C40H43FO2S/c1-24(2)39(42-9,25(3)4)17-15-31-33-19-28-13-11-12-14-29(28)20-34(33)32(16-18-40(43-10,26(5)6)27(7)8)36-23-37-30(21-35(31)36)22-38(41)44-37/h11-14,19-27H,1-10H3. The van der Waals surface area contributed by atoms with Crippen molar-refractivity contribution in [3.63, 3.8) is 0 Å². The molecule has 0 unspecified atom stereocenters. The summed E-state index contributed by atoms with van der Waals surface area (Å²) in [5, 5.41) is 6.90. The van der Waals surface area contributed by atoms with Gasteiger partial charge in [0.25, 0.3) is 0 Å². The van der Waals surface area contributed by atoms with Crippen LogP contribution in [0.15, 0.2) is 54.6 Å². The van der Waals surface area contributed by atoms with Crippen LogP contribution in [0, 0.1) is 52.5 Å². The Bertz CT molecular complexity index is 1830. The van der Waals surface area contributed by atoms with Gasteiger partial charge in [-0.25, -0.2) is 0 Å². The van der Waals surface area contributed by atoms with Crippen molar-refractivity contribution < 1.29 is 13.9 Å². The average Bonchev–Trinajstić information content (AvgIpc) is 3.34. The van der Waals surface area contributed by atoms with Crippen LogP contribution in [0.4, 0.5) is 4.39 Å².